The Balaban J connectivity index is 1.77. The molecule has 2 unspecified atom stereocenters. The average molecular weight is 285 g/mol. The summed E-state index contributed by atoms with van der Waals surface area (Å²) in [6.45, 7) is 3.30. The van der Waals surface area contributed by atoms with E-state index in [1.807, 2.05) is 4.68 Å². The molecule has 1 heterocycles. The summed E-state index contributed by atoms with van der Waals surface area (Å²) in [6, 6.07) is 9.32. The van der Waals surface area contributed by atoms with Crippen LogP contribution in [-0.4, -0.2) is 22.4 Å². The van der Waals surface area contributed by atoms with E-state index in [9.17, 15) is 0 Å². The zero-order valence-electron chi connectivity index (χ0n) is 13.3. The lowest BCUT2D eigenvalue weighted by Gasteiger charge is -2.20. The fraction of sp³-hybridized carbons (Fsp3) is 0.611. The van der Waals surface area contributed by atoms with Crippen LogP contribution in [-0.2, 0) is 13.5 Å². The lowest BCUT2D eigenvalue weighted by molar-refractivity contribution is 0.387. The van der Waals surface area contributed by atoms with E-state index in [0.29, 0.717) is 6.04 Å². The average Bonchev–Trinajstić information content (AvgIpc) is 2.66. The summed E-state index contributed by atoms with van der Waals surface area (Å²) < 4.78 is 2.03. The Labute approximate surface area is 127 Å². The van der Waals surface area contributed by atoms with Gasteiger partial charge in [-0.15, -0.1) is 0 Å². The Morgan fingerprint density at radius 3 is 2.90 bits per heavy atom. The van der Waals surface area contributed by atoms with Gasteiger partial charge in [0.25, 0.3) is 0 Å². The van der Waals surface area contributed by atoms with Crippen LogP contribution >= 0.6 is 0 Å². The maximum absolute atomic E-state index is 4.78. The molecule has 1 aliphatic carbocycles. The van der Waals surface area contributed by atoms with Crippen LogP contribution in [0.3, 0.4) is 0 Å². The van der Waals surface area contributed by atoms with Gasteiger partial charge in [-0.3, -0.25) is 4.68 Å². The fourth-order valence-corrected chi connectivity index (χ4v) is 3.83. The summed E-state index contributed by atoms with van der Waals surface area (Å²) in [4.78, 5) is 0. The zero-order chi connectivity index (χ0) is 14.7. The molecule has 0 radical (unpaired) electrons. The Morgan fingerprint density at radius 1 is 1.24 bits per heavy atom. The van der Waals surface area contributed by atoms with Gasteiger partial charge in [-0.2, -0.15) is 5.10 Å². The maximum Gasteiger partial charge on any atom is 0.0706 e. The highest BCUT2D eigenvalue weighted by atomic mass is 15.3. The minimum absolute atomic E-state index is 0.706. The first-order chi connectivity index (χ1) is 10.3. The van der Waals surface area contributed by atoms with Crippen LogP contribution in [0.1, 0.15) is 44.7 Å². The highest BCUT2D eigenvalue weighted by Gasteiger charge is 2.21. The van der Waals surface area contributed by atoms with Crippen LogP contribution in [0.2, 0.25) is 0 Å². The van der Waals surface area contributed by atoms with E-state index >= 15 is 0 Å². The van der Waals surface area contributed by atoms with Crippen molar-refractivity contribution in [1.29, 1.82) is 0 Å². The number of rotatable bonds is 4. The molecule has 2 aromatic rings. The van der Waals surface area contributed by atoms with Crippen molar-refractivity contribution in [1.82, 2.24) is 15.1 Å². The molecule has 1 aromatic carbocycles. The zero-order valence-corrected chi connectivity index (χ0v) is 13.3. The van der Waals surface area contributed by atoms with Gasteiger partial charge in [0.15, 0.2) is 0 Å². The van der Waals surface area contributed by atoms with Crippen molar-refractivity contribution in [2.24, 2.45) is 13.0 Å². The summed E-state index contributed by atoms with van der Waals surface area (Å²) in [5, 5.41) is 9.78. The van der Waals surface area contributed by atoms with Gasteiger partial charge in [-0.25, -0.2) is 0 Å². The number of hydrogen-bond acceptors (Lipinski definition) is 2. The summed E-state index contributed by atoms with van der Waals surface area (Å²) in [5.41, 5.74) is 2.54. The second-order valence-electron chi connectivity index (χ2n) is 6.43. The lowest BCUT2D eigenvalue weighted by Crippen LogP contribution is -2.30. The standard InChI is InChI=1S/C18H27N3/c1-3-19-15-9-5-4-8-14(12-15)13-17-16-10-6-7-11-18(16)21(2)20-17/h6-7,10-11,14-15,19H,3-5,8-9,12-13H2,1-2H3. The van der Waals surface area contributed by atoms with Crippen molar-refractivity contribution in [3.05, 3.63) is 30.0 Å². The molecule has 0 spiro atoms. The van der Waals surface area contributed by atoms with Crippen molar-refractivity contribution in [3.63, 3.8) is 0 Å². The first kappa shape index (κ1) is 14.6. The summed E-state index contributed by atoms with van der Waals surface area (Å²) in [6.07, 6.45) is 7.87. The molecule has 0 saturated heterocycles. The molecule has 0 amide bonds. The van der Waals surface area contributed by atoms with Crippen molar-refractivity contribution in [3.8, 4) is 0 Å². The molecule has 3 heteroatoms. The minimum Gasteiger partial charge on any atom is -0.314 e. The van der Waals surface area contributed by atoms with Crippen molar-refractivity contribution in [2.75, 3.05) is 6.54 Å². The minimum atomic E-state index is 0.706. The molecule has 0 bridgehead atoms. The van der Waals surface area contributed by atoms with Crippen LogP contribution < -0.4 is 5.32 Å². The summed E-state index contributed by atoms with van der Waals surface area (Å²) in [5.74, 6) is 0.773. The molecule has 114 valence electrons. The van der Waals surface area contributed by atoms with Gasteiger partial charge in [0.2, 0.25) is 0 Å². The van der Waals surface area contributed by atoms with Crippen molar-refractivity contribution in [2.45, 2.75) is 51.5 Å². The highest BCUT2D eigenvalue weighted by Crippen LogP contribution is 2.28. The molecule has 1 aromatic heterocycles. The molecular weight excluding hydrogens is 258 g/mol. The maximum atomic E-state index is 4.78. The normalized spacial score (nSPS) is 23.3. The molecule has 3 nitrogen and oxygen atoms in total. The molecule has 1 aliphatic rings. The van der Waals surface area contributed by atoms with Crippen LogP contribution in [0.15, 0.2) is 24.3 Å². The molecule has 0 aliphatic heterocycles. The Hall–Kier alpha value is -1.35. The Bertz CT molecular complexity index is 587. The molecule has 21 heavy (non-hydrogen) atoms. The third-order valence-electron chi connectivity index (χ3n) is 4.84. The summed E-state index contributed by atoms with van der Waals surface area (Å²) >= 11 is 0. The third kappa shape index (κ3) is 3.29. The monoisotopic (exact) mass is 285 g/mol. The number of hydrogen-bond donors (Lipinski definition) is 1. The number of nitrogens with zero attached hydrogens (tertiary/aromatic N) is 2. The second-order valence-corrected chi connectivity index (χ2v) is 6.43. The van der Waals surface area contributed by atoms with Gasteiger partial charge < -0.3 is 5.32 Å². The quantitative estimate of drug-likeness (QED) is 0.869. The number of aryl methyl sites for hydroxylation is 1. The molecular formula is C18H27N3. The molecule has 1 N–H and O–H groups in total. The molecule has 1 saturated carbocycles. The van der Waals surface area contributed by atoms with E-state index < -0.39 is 0 Å². The third-order valence-corrected chi connectivity index (χ3v) is 4.84. The van der Waals surface area contributed by atoms with E-state index in [4.69, 9.17) is 5.10 Å². The number of nitrogens with one attached hydrogen (secondary N) is 1. The van der Waals surface area contributed by atoms with Crippen molar-refractivity contribution < 1.29 is 0 Å². The first-order valence-electron chi connectivity index (χ1n) is 8.42. The van der Waals surface area contributed by atoms with Gasteiger partial charge in [-0.05, 0) is 37.8 Å². The predicted octanol–water partition coefficient (Wildman–Crippen LogP) is 3.67. The van der Waals surface area contributed by atoms with Gasteiger partial charge in [0.1, 0.15) is 0 Å². The number of para-hydroxylation sites is 1. The highest BCUT2D eigenvalue weighted by molar-refractivity contribution is 5.81. The van der Waals surface area contributed by atoms with E-state index in [1.165, 1.54) is 48.7 Å². The molecule has 1 fully saturated rings. The first-order valence-corrected chi connectivity index (χ1v) is 8.42. The second kappa shape index (κ2) is 6.61. The number of fused-ring (bicyclic) bond motifs is 1. The van der Waals surface area contributed by atoms with Gasteiger partial charge in [0, 0.05) is 18.5 Å². The SMILES string of the molecule is CCNC1CCCCC(Cc2nn(C)c3ccccc23)C1. The van der Waals surface area contributed by atoms with Gasteiger partial charge in [-0.1, -0.05) is 44.4 Å². The lowest BCUT2D eigenvalue weighted by atomic mass is 9.92. The van der Waals surface area contributed by atoms with Crippen LogP contribution in [0.25, 0.3) is 10.9 Å². The van der Waals surface area contributed by atoms with E-state index in [2.05, 4.69) is 43.6 Å². The summed E-state index contributed by atoms with van der Waals surface area (Å²) in [7, 11) is 2.06. The van der Waals surface area contributed by atoms with Crippen LogP contribution in [0.5, 0.6) is 0 Å². The predicted molar refractivity (Wildman–Crippen MR) is 88.5 cm³/mol. The van der Waals surface area contributed by atoms with Gasteiger partial charge in [0.05, 0.1) is 11.2 Å². The van der Waals surface area contributed by atoms with Crippen LogP contribution in [0.4, 0.5) is 0 Å². The Morgan fingerprint density at radius 2 is 2.05 bits per heavy atom. The molecule has 2 atom stereocenters. The van der Waals surface area contributed by atoms with E-state index in [-0.39, 0.29) is 0 Å². The Kier molecular flexibility index (Phi) is 4.59. The topological polar surface area (TPSA) is 29.9 Å². The smallest absolute Gasteiger partial charge is 0.0706 e. The molecule has 3 rings (SSSR count). The fourth-order valence-electron chi connectivity index (χ4n) is 3.83. The van der Waals surface area contributed by atoms with E-state index in [1.54, 1.807) is 0 Å². The van der Waals surface area contributed by atoms with Gasteiger partial charge >= 0.3 is 0 Å². The van der Waals surface area contributed by atoms with Crippen molar-refractivity contribution >= 4 is 10.9 Å². The number of benzene rings is 1. The van der Waals surface area contributed by atoms with E-state index in [0.717, 1.165) is 18.9 Å². The largest absolute Gasteiger partial charge is 0.314 e. The van der Waals surface area contributed by atoms with Crippen LogP contribution in [0, 0.1) is 5.92 Å². The number of aromatic nitrogens is 2.